The van der Waals surface area contributed by atoms with Crippen LogP contribution in [0.1, 0.15) is 48.5 Å². The summed E-state index contributed by atoms with van der Waals surface area (Å²) in [5.41, 5.74) is 2.81. The van der Waals surface area contributed by atoms with E-state index in [9.17, 15) is 4.79 Å². The lowest BCUT2D eigenvalue weighted by Crippen LogP contribution is -2.43. The molecule has 1 saturated heterocycles. The van der Waals surface area contributed by atoms with E-state index in [-0.39, 0.29) is 5.91 Å². The molecule has 0 saturated carbocycles. The molecule has 5 heteroatoms. The average molecular weight is 362 g/mol. The van der Waals surface area contributed by atoms with Crippen LogP contribution < -0.4 is 0 Å². The van der Waals surface area contributed by atoms with Gasteiger partial charge in [0.25, 0.3) is 5.91 Å². The van der Waals surface area contributed by atoms with Crippen molar-refractivity contribution < 1.29 is 4.79 Å². The number of amides is 1. The SMILES string of the molecule is CC[C@@H]1CCCCN1C(=O)c1cnn(-c2ccc(C)cc2)c1-n1cccc1. The molecule has 1 aromatic carbocycles. The first-order valence-electron chi connectivity index (χ1n) is 9.78. The number of hydrogen-bond acceptors (Lipinski definition) is 2. The molecule has 1 amide bonds. The summed E-state index contributed by atoms with van der Waals surface area (Å²) in [5.74, 6) is 0.887. The third kappa shape index (κ3) is 3.29. The first-order valence-corrected chi connectivity index (χ1v) is 9.78. The Balaban J connectivity index is 1.79. The Labute approximate surface area is 160 Å². The van der Waals surface area contributed by atoms with Gasteiger partial charge >= 0.3 is 0 Å². The summed E-state index contributed by atoms with van der Waals surface area (Å²) in [5, 5.41) is 4.59. The fraction of sp³-hybridized carbons (Fsp3) is 0.364. The monoisotopic (exact) mass is 362 g/mol. The highest BCUT2D eigenvalue weighted by molar-refractivity contribution is 5.97. The van der Waals surface area contributed by atoms with Crippen LogP contribution in [0.2, 0.25) is 0 Å². The molecule has 0 N–H and O–H groups in total. The van der Waals surface area contributed by atoms with E-state index in [2.05, 4.69) is 31.1 Å². The molecule has 4 rings (SSSR count). The third-order valence-corrected chi connectivity index (χ3v) is 5.46. The minimum Gasteiger partial charge on any atom is -0.336 e. The third-order valence-electron chi connectivity index (χ3n) is 5.46. The topological polar surface area (TPSA) is 43.1 Å². The second-order valence-corrected chi connectivity index (χ2v) is 7.28. The Bertz CT molecular complexity index is 908. The molecule has 0 bridgehead atoms. The zero-order chi connectivity index (χ0) is 18.8. The molecule has 0 spiro atoms. The number of carbonyl (C=O) groups is 1. The predicted octanol–water partition coefficient (Wildman–Crippen LogP) is 4.38. The van der Waals surface area contributed by atoms with Crippen LogP contribution >= 0.6 is 0 Å². The Morgan fingerprint density at radius 2 is 1.89 bits per heavy atom. The molecule has 1 aliphatic heterocycles. The van der Waals surface area contributed by atoms with Crippen LogP contribution in [0.5, 0.6) is 0 Å². The zero-order valence-corrected chi connectivity index (χ0v) is 16.0. The van der Waals surface area contributed by atoms with Gasteiger partial charge in [-0.25, -0.2) is 4.68 Å². The largest absolute Gasteiger partial charge is 0.336 e. The number of nitrogens with zero attached hydrogens (tertiary/aromatic N) is 4. The van der Waals surface area contributed by atoms with E-state index >= 15 is 0 Å². The predicted molar refractivity (Wildman–Crippen MR) is 107 cm³/mol. The molecule has 0 unspecified atom stereocenters. The standard InChI is InChI=1S/C22H26N4O/c1-3-18-8-4-5-15-25(18)22(27)20-16-23-26(19-11-9-17(2)10-12-19)21(20)24-13-6-7-14-24/h6-7,9-14,16,18H,3-5,8,15H2,1-2H3/t18-/m1/s1. The van der Waals surface area contributed by atoms with E-state index in [0.29, 0.717) is 11.6 Å². The van der Waals surface area contributed by atoms with Gasteiger partial charge in [-0.2, -0.15) is 5.10 Å². The lowest BCUT2D eigenvalue weighted by Gasteiger charge is -2.35. The maximum absolute atomic E-state index is 13.4. The van der Waals surface area contributed by atoms with Crippen molar-refractivity contribution in [3.63, 3.8) is 0 Å². The van der Waals surface area contributed by atoms with E-state index in [1.807, 2.05) is 50.8 Å². The van der Waals surface area contributed by atoms with Gasteiger partial charge in [-0.1, -0.05) is 24.6 Å². The van der Waals surface area contributed by atoms with Crippen molar-refractivity contribution in [3.05, 3.63) is 66.1 Å². The van der Waals surface area contributed by atoms with Crippen molar-refractivity contribution in [1.82, 2.24) is 19.2 Å². The second-order valence-electron chi connectivity index (χ2n) is 7.28. The van der Waals surface area contributed by atoms with Gasteiger partial charge in [-0.3, -0.25) is 4.79 Å². The number of aryl methyl sites for hydroxylation is 1. The molecule has 0 aliphatic carbocycles. The van der Waals surface area contributed by atoms with Crippen molar-refractivity contribution in [1.29, 1.82) is 0 Å². The van der Waals surface area contributed by atoms with Gasteiger partial charge in [0.05, 0.1) is 11.9 Å². The number of rotatable bonds is 4. The number of likely N-dealkylation sites (tertiary alicyclic amines) is 1. The molecule has 1 atom stereocenters. The van der Waals surface area contributed by atoms with Crippen molar-refractivity contribution in [2.24, 2.45) is 0 Å². The molecule has 1 aliphatic rings. The van der Waals surface area contributed by atoms with Crippen LogP contribution in [0.25, 0.3) is 11.5 Å². The normalized spacial score (nSPS) is 17.3. The Hall–Kier alpha value is -2.82. The van der Waals surface area contributed by atoms with Crippen molar-refractivity contribution in [3.8, 4) is 11.5 Å². The summed E-state index contributed by atoms with van der Waals surface area (Å²) in [7, 11) is 0. The maximum Gasteiger partial charge on any atom is 0.259 e. The zero-order valence-electron chi connectivity index (χ0n) is 16.0. The summed E-state index contributed by atoms with van der Waals surface area (Å²) in [4.78, 5) is 15.5. The number of piperidine rings is 1. The van der Waals surface area contributed by atoms with E-state index in [4.69, 9.17) is 0 Å². The highest BCUT2D eigenvalue weighted by atomic mass is 16.2. The molecule has 0 radical (unpaired) electrons. The molecule has 1 fully saturated rings. The quantitative estimate of drug-likeness (QED) is 0.691. The first-order chi connectivity index (χ1) is 13.2. The van der Waals surface area contributed by atoms with Crippen LogP contribution in [0.4, 0.5) is 0 Å². The van der Waals surface area contributed by atoms with Crippen molar-refractivity contribution in [2.75, 3.05) is 6.54 Å². The number of aromatic nitrogens is 3. The van der Waals surface area contributed by atoms with Gasteiger partial charge < -0.3 is 9.47 Å². The number of hydrogen-bond donors (Lipinski definition) is 0. The van der Waals surface area contributed by atoms with E-state index < -0.39 is 0 Å². The van der Waals surface area contributed by atoms with Gasteiger partial charge in [0.2, 0.25) is 0 Å². The van der Waals surface area contributed by atoms with E-state index in [1.165, 1.54) is 12.0 Å². The fourth-order valence-corrected chi connectivity index (χ4v) is 3.94. The number of benzene rings is 1. The highest BCUT2D eigenvalue weighted by Crippen LogP contribution is 2.26. The summed E-state index contributed by atoms with van der Waals surface area (Å²) in [6.45, 7) is 5.06. The van der Waals surface area contributed by atoms with Crippen LogP contribution in [0.15, 0.2) is 55.0 Å². The first kappa shape index (κ1) is 17.6. The van der Waals surface area contributed by atoms with Crippen LogP contribution in [-0.4, -0.2) is 37.7 Å². The molecule has 27 heavy (non-hydrogen) atoms. The summed E-state index contributed by atoms with van der Waals surface area (Å²) >= 11 is 0. The molecular formula is C22H26N4O. The summed E-state index contributed by atoms with van der Waals surface area (Å²) < 4.78 is 3.84. The minimum atomic E-state index is 0.0867. The molecule has 5 nitrogen and oxygen atoms in total. The smallest absolute Gasteiger partial charge is 0.259 e. The molecule has 3 heterocycles. The van der Waals surface area contributed by atoms with Gasteiger partial charge in [0, 0.05) is 25.0 Å². The molecule has 140 valence electrons. The maximum atomic E-state index is 13.4. The van der Waals surface area contributed by atoms with Gasteiger partial charge in [0.1, 0.15) is 5.56 Å². The van der Waals surface area contributed by atoms with Gasteiger partial charge in [-0.05, 0) is 56.9 Å². The van der Waals surface area contributed by atoms with Crippen LogP contribution in [0.3, 0.4) is 0 Å². The molecule has 2 aromatic heterocycles. The minimum absolute atomic E-state index is 0.0867. The van der Waals surface area contributed by atoms with E-state index in [1.54, 1.807) is 6.20 Å². The lowest BCUT2D eigenvalue weighted by molar-refractivity contribution is 0.0608. The van der Waals surface area contributed by atoms with Gasteiger partial charge in [0.15, 0.2) is 5.82 Å². The molecule has 3 aromatic rings. The summed E-state index contributed by atoms with van der Waals surface area (Å²) in [6.07, 6.45) is 10.0. The van der Waals surface area contributed by atoms with E-state index in [0.717, 1.165) is 37.3 Å². The Kier molecular flexibility index (Phi) is 4.84. The van der Waals surface area contributed by atoms with Crippen LogP contribution in [0, 0.1) is 6.92 Å². The van der Waals surface area contributed by atoms with Crippen molar-refractivity contribution in [2.45, 2.75) is 45.6 Å². The Morgan fingerprint density at radius 3 is 2.59 bits per heavy atom. The lowest BCUT2D eigenvalue weighted by atomic mass is 9.99. The summed E-state index contributed by atoms with van der Waals surface area (Å²) in [6, 6.07) is 12.5. The average Bonchev–Trinajstić information content (AvgIpc) is 3.37. The van der Waals surface area contributed by atoms with Crippen LogP contribution in [-0.2, 0) is 0 Å². The highest BCUT2D eigenvalue weighted by Gasteiger charge is 2.30. The Morgan fingerprint density at radius 1 is 1.15 bits per heavy atom. The van der Waals surface area contributed by atoms with Gasteiger partial charge in [-0.15, -0.1) is 0 Å². The molecular weight excluding hydrogens is 336 g/mol. The number of carbonyl (C=O) groups excluding carboxylic acids is 1. The fourth-order valence-electron chi connectivity index (χ4n) is 3.94. The van der Waals surface area contributed by atoms with Crippen molar-refractivity contribution >= 4 is 5.91 Å². The second kappa shape index (κ2) is 7.43.